The summed E-state index contributed by atoms with van der Waals surface area (Å²) in [7, 11) is 0. The molecule has 0 atom stereocenters. The summed E-state index contributed by atoms with van der Waals surface area (Å²) in [5.41, 5.74) is 7.24. The smallest absolute Gasteiger partial charge is 0.0721 e. The molecule has 0 fully saturated rings. The van der Waals surface area contributed by atoms with Crippen molar-refractivity contribution in [2.45, 2.75) is 18.5 Å². The summed E-state index contributed by atoms with van der Waals surface area (Å²) in [6, 6.07) is 25.5. The highest BCUT2D eigenvalue weighted by Crippen LogP contribution is 2.21. The first-order valence-corrected chi connectivity index (χ1v) is 9.44. The molecular weight excluding hydrogens is 372 g/mol. The van der Waals surface area contributed by atoms with E-state index in [9.17, 15) is 0 Å². The summed E-state index contributed by atoms with van der Waals surface area (Å²) in [6.07, 6.45) is 1.85. The molecule has 0 saturated heterocycles. The van der Waals surface area contributed by atoms with Gasteiger partial charge >= 0.3 is 0 Å². The normalized spacial score (nSPS) is 10.6. The van der Waals surface area contributed by atoms with Gasteiger partial charge in [0.2, 0.25) is 0 Å². The maximum absolute atomic E-state index is 5.82. The Labute approximate surface area is 158 Å². The largest absolute Gasteiger partial charge is 0.372 e. The van der Waals surface area contributed by atoms with Crippen molar-refractivity contribution in [1.29, 1.82) is 0 Å². The van der Waals surface area contributed by atoms with E-state index in [1.54, 1.807) is 0 Å². The van der Waals surface area contributed by atoms with Crippen molar-refractivity contribution >= 4 is 22.0 Å². The second-order valence-corrected chi connectivity index (χ2v) is 6.53. The van der Waals surface area contributed by atoms with Crippen molar-refractivity contribution in [3.05, 3.63) is 102 Å². The Morgan fingerprint density at radius 3 is 1.56 bits per heavy atom. The SMILES string of the molecule is C=Cc1ccc(COCc2ccc(-c3ccc(CBr)cc3)cc2)cc1. The lowest BCUT2D eigenvalue weighted by Crippen LogP contribution is -1.94. The van der Waals surface area contributed by atoms with Gasteiger partial charge in [-0.15, -0.1) is 0 Å². The van der Waals surface area contributed by atoms with Crippen molar-refractivity contribution in [1.82, 2.24) is 0 Å². The van der Waals surface area contributed by atoms with E-state index in [1.807, 2.05) is 6.08 Å². The molecule has 0 heterocycles. The van der Waals surface area contributed by atoms with E-state index in [4.69, 9.17) is 4.74 Å². The minimum absolute atomic E-state index is 0.617. The maximum atomic E-state index is 5.82. The number of hydrogen-bond acceptors (Lipinski definition) is 1. The Kier molecular flexibility index (Phi) is 6.21. The average molecular weight is 393 g/mol. The quantitative estimate of drug-likeness (QED) is 0.411. The molecule has 0 aliphatic rings. The van der Waals surface area contributed by atoms with Gasteiger partial charge in [0, 0.05) is 5.33 Å². The molecule has 0 bridgehead atoms. The number of halogens is 1. The Hall–Kier alpha value is -2.16. The minimum atomic E-state index is 0.617. The Morgan fingerprint density at radius 1 is 0.680 bits per heavy atom. The van der Waals surface area contributed by atoms with Gasteiger partial charge in [0.05, 0.1) is 13.2 Å². The van der Waals surface area contributed by atoms with Crippen LogP contribution < -0.4 is 0 Å². The third-order valence-electron chi connectivity index (χ3n) is 4.15. The van der Waals surface area contributed by atoms with Gasteiger partial charge in [-0.25, -0.2) is 0 Å². The van der Waals surface area contributed by atoms with Crippen LogP contribution in [0, 0.1) is 0 Å². The van der Waals surface area contributed by atoms with E-state index in [2.05, 4.69) is 95.3 Å². The molecule has 3 rings (SSSR count). The van der Waals surface area contributed by atoms with Gasteiger partial charge in [0.15, 0.2) is 0 Å². The summed E-state index contributed by atoms with van der Waals surface area (Å²) in [5, 5.41) is 0.889. The molecule has 2 heteroatoms. The molecule has 25 heavy (non-hydrogen) atoms. The van der Waals surface area contributed by atoms with Gasteiger partial charge in [-0.3, -0.25) is 0 Å². The summed E-state index contributed by atoms with van der Waals surface area (Å²) < 4.78 is 5.82. The molecular formula is C23H21BrO. The van der Waals surface area contributed by atoms with E-state index in [0.29, 0.717) is 13.2 Å². The van der Waals surface area contributed by atoms with Crippen molar-refractivity contribution in [2.75, 3.05) is 0 Å². The zero-order chi connectivity index (χ0) is 17.5. The molecule has 3 aromatic carbocycles. The second kappa shape index (κ2) is 8.80. The first-order chi connectivity index (χ1) is 12.3. The third kappa shape index (κ3) is 4.91. The van der Waals surface area contributed by atoms with Crippen molar-refractivity contribution in [3.63, 3.8) is 0 Å². The molecule has 0 aliphatic carbocycles. The van der Waals surface area contributed by atoms with Crippen LogP contribution in [0.3, 0.4) is 0 Å². The number of ether oxygens (including phenoxy) is 1. The molecule has 126 valence electrons. The zero-order valence-electron chi connectivity index (χ0n) is 14.1. The molecule has 0 amide bonds. The van der Waals surface area contributed by atoms with Crippen LogP contribution in [-0.2, 0) is 23.3 Å². The van der Waals surface area contributed by atoms with Gasteiger partial charge in [-0.2, -0.15) is 0 Å². The molecule has 0 aromatic heterocycles. The van der Waals surface area contributed by atoms with Crippen molar-refractivity contribution in [2.24, 2.45) is 0 Å². The van der Waals surface area contributed by atoms with Crippen LogP contribution in [-0.4, -0.2) is 0 Å². The molecule has 0 saturated carbocycles. The van der Waals surface area contributed by atoms with E-state index in [-0.39, 0.29) is 0 Å². The van der Waals surface area contributed by atoms with E-state index in [0.717, 1.165) is 10.9 Å². The zero-order valence-corrected chi connectivity index (χ0v) is 15.7. The van der Waals surface area contributed by atoms with Crippen molar-refractivity contribution < 1.29 is 4.74 Å². The van der Waals surface area contributed by atoms with Crippen LogP contribution in [0.4, 0.5) is 0 Å². The van der Waals surface area contributed by atoms with Gasteiger partial charge in [-0.05, 0) is 33.4 Å². The molecule has 0 radical (unpaired) electrons. The first-order valence-electron chi connectivity index (χ1n) is 8.32. The highest BCUT2D eigenvalue weighted by Gasteiger charge is 2.00. The number of benzene rings is 3. The van der Waals surface area contributed by atoms with Gasteiger partial charge < -0.3 is 4.74 Å². The second-order valence-electron chi connectivity index (χ2n) is 5.97. The number of hydrogen-bond donors (Lipinski definition) is 0. The monoisotopic (exact) mass is 392 g/mol. The fraction of sp³-hybridized carbons (Fsp3) is 0.130. The lowest BCUT2D eigenvalue weighted by Gasteiger charge is -2.07. The molecule has 3 aromatic rings. The number of rotatable bonds is 7. The topological polar surface area (TPSA) is 9.23 Å². The number of alkyl halides is 1. The molecule has 0 spiro atoms. The minimum Gasteiger partial charge on any atom is -0.372 e. The summed E-state index contributed by atoms with van der Waals surface area (Å²) in [4.78, 5) is 0. The van der Waals surface area contributed by atoms with Crippen LogP contribution in [0.25, 0.3) is 17.2 Å². The highest BCUT2D eigenvalue weighted by molar-refractivity contribution is 9.08. The van der Waals surface area contributed by atoms with Crippen LogP contribution >= 0.6 is 15.9 Å². The lowest BCUT2D eigenvalue weighted by atomic mass is 10.0. The van der Waals surface area contributed by atoms with E-state index >= 15 is 0 Å². The predicted octanol–water partition coefficient (Wildman–Crippen LogP) is 6.61. The fourth-order valence-corrected chi connectivity index (χ4v) is 2.99. The molecule has 0 aliphatic heterocycles. The molecule has 1 nitrogen and oxygen atoms in total. The first kappa shape index (κ1) is 17.7. The summed E-state index contributed by atoms with van der Waals surface area (Å²) in [5.74, 6) is 0. The maximum Gasteiger partial charge on any atom is 0.0721 e. The van der Waals surface area contributed by atoms with Gasteiger partial charge in [0.25, 0.3) is 0 Å². The van der Waals surface area contributed by atoms with E-state index < -0.39 is 0 Å². The summed E-state index contributed by atoms with van der Waals surface area (Å²) >= 11 is 3.48. The molecule has 0 unspecified atom stereocenters. The van der Waals surface area contributed by atoms with E-state index in [1.165, 1.54) is 27.8 Å². The summed E-state index contributed by atoms with van der Waals surface area (Å²) in [6.45, 7) is 5.00. The standard InChI is InChI=1S/C23H21BrO/c1-2-18-3-5-20(6-4-18)16-25-17-21-9-13-23(14-10-21)22-11-7-19(15-24)8-12-22/h2-14H,1,15-17H2. The Bertz CT molecular complexity index is 802. The highest BCUT2D eigenvalue weighted by atomic mass is 79.9. The van der Waals surface area contributed by atoms with Gasteiger partial charge in [0.1, 0.15) is 0 Å². The average Bonchev–Trinajstić information content (AvgIpc) is 2.69. The van der Waals surface area contributed by atoms with Crippen LogP contribution in [0.2, 0.25) is 0 Å². The third-order valence-corrected chi connectivity index (χ3v) is 4.80. The Morgan fingerprint density at radius 2 is 1.12 bits per heavy atom. The lowest BCUT2D eigenvalue weighted by molar-refractivity contribution is 0.107. The Balaban J connectivity index is 1.55. The van der Waals surface area contributed by atoms with Crippen LogP contribution in [0.1, 0.15) is 22.3 Å². The van der Waals surface area contributed by atoms with Crippen LogP contribution in [0.5, 0.6) is 0 Å². The molecule has 0 N–H and O–H groups in total. The van der Waals surface area contributed by atoms with Crippen LogP contribution in [0.15, 0.2) is 79.4 Å². The van der Waals surface area contributed by atoms with Crippen molar-refractivity contribution in [3.8, 4) is 11.1 Å². The fourth-order valence-electron chi connectivity index (χ4n) is 2.62. The van der Waals surface area contributed by atoms with Gasteiger partial charge in [-0.1, -0.05) is 101 Å². The predicted molar refractivity (Wildman–Crippen MR) is 110 cm³/mol.